The highest BCUT2D eigenvalue weighted by Crippen LogP contribution is 2.30. The summed E-state index contributed by atoms with van der Waals surface area (Å²) in [5, 5.41) is 0. The third-order valence-electron chi connectivity index (χ3n) is 4.20. The summed E-state index contributed by atoms with van der Waals surface area (Å²) in [6.45, 7) is 6.32. The van der Waals surface area contributed by atoms with Gasteiger partial charge in [0.05, 0.1) is 18.3 Å². The van der Waals surface area contributed by atoms with E-state index in [-0.39, 0.29) is 17.9 Å². The van der Waals surface area contributed by atoms with E-state index in [1.54, 1.807) is 12.0 Å². The second-order valence-electron chi connectivity index (χ2n) is 6.23. The van der Waals surface area contributed by atoms with Crippen LogP contribution in [-0.2, 0) is 11.2 Å². The molecule has 1 aliphatic rings. The molecule has 0 radical (unpaired) electrons. The minimum atomic E-state index is -0.156. The molecule has 1 amide bonds. The number of aromatic nitrogens is 1. The predicted octanol–water partition coefficient (Wildman–Crippen LogP) is 3.32. The molecule has 0 N–H and O–H groups in total. The highest BCUT2D eigenvalue weighted by atomic mass is 16.5. The Labute approximate surface area is 136 Å². The normalized spacial score (nSPS) is 17.4. The van der Waals surface area contributed by atoms with Crippen LogP contribution in [0.1, 0.15) is 47.5 Å². The van der Waals surface area contributed by atoms with Gasteiger partial charge in [0.25, 0.3) is 5.91 Å². The molecule has 1 aliphatic heterocycles. The Bertz CT molecular complexity index is 721. The third-order valence-corrected chi connectivity index (χ3v) is 4.20. The van der Waals surface area contributed by atoms with Gasteiger partial charge in [-0.25, -0.2) is 4.98 Å². The van der Waals surface area contributed by atoms with Gasteiger partial charge in [0.15, 0.2) is 5.89 Å². The van der Waals surface area contributed by atoms with Crippen molar-refractivity contribution in [2.75, 3.05) is 18.6 Å². The summed E-state index contributed by atoms with van der Waals surface area (Å²) in [5.41, 5.74) is 2.67. The van der Waals surface area contributed by atoms with Crippen molar-refractivity contribution in [1.29, 1.82) is 0 Å². The number of hydrogen-bond donors (Lipinski definition) is 0. The molecule has 1 aromatic carbocycles. The highest BCUT2D eigenvalue weighted by molar-refractivity contribution is 6.05. The number of methoxy groups -OCH3 is 1. The number of carbonyl (C=O) groups excluding carboxylic acids is 1. The number of hydrogen-bond acceptors (Lipinski definition) is 4. The number of rotatable bonds is 3. The average Bonchev–Trinajstić information content (AvgIpc) is 2.95. The molecule has 1 unspecified atom stereocenters. The SMILES string of the molecule is COC1Cc2ccccc2N(C(=O)c2oc(C(C)C)nc2C)C1. The van der Waals surface area contributed by atoms with Crippen molar-refractivity contribution in [3.8, 4) is 0 Å². The van der Waals surface area contributed by atoms with Gasteiger partial charge in [-0.05, 0) is 18.6 Å². The number of carbonyl (C=O) groups is 1. The van der Waals surface area contributed by atoms with Crippen LogP contribution in [0.3, 0.4) is 0 Å². The molecule has 2 aromatic rings. The molecule has 0 spiro atoms. The fourth-order valence-electron chi connectivity index (χ4n) is 2.89. The molecule has 5 nitrogen and oxygen atoms in total. The number of benzene rings is 1. The van der Waals surface area contributed by atoms with Gasteiger partial charge in [-0.1, -0.05) is 32.0 Å². The zero-order valence-electron chi connectivity index (χ0n) is 14.0. The van der Waals surface area contributed by atoms with Crippen molar-refractivity contribution in [2.45, 2.75) is 39.2 Å². The van der Waals surface area contributed by atoms with Crippen molar-refractivity contribution in [3.05, 3.63) is 47.2 Å². The topological polar surface area (TPSA) is 55.6 Å². The number of nitrogens with zero attached hydrogens (tertiary/aromatic N) is 2. The molecule has 23 heavy (non-hydrogen) atoms. The van der Waals surface area contributed by atoms with Crippen LogP contribution in [0.4, 0.5) is 5.69 Å². The van der Waals surface area contributed by atoms with Crippen LogP contribution in [0.25, 0.3) is 0 Å². The summed E-state index contributed by atoms with van der Waals surface area (Å²) < 4.78 is 11.2. The highest BCUT2D eigenvalue weighted by Gasteiger charge is 2.32. The minimum Gasteiger partial charge on any atom is -0.435 e. The van der Waals surface area contributed by atoms with Crippen LogP contribution in [-0.4, -0.2) is 30.6 Å². The van der Waals surface area contributed by atoms with E-state index in [1.165, 1.54) is 0 Å². The lowest BCUT2D eigenvalue weighted by Gasteiger charge is -2.33. The standard InChI is InChI=1S/C18H22N2O3/c1-11(2)17-19-12(3)16(23-17)18(21)20-10-14(22-4)9-13-7-5-6-8-15(13)20/h5-8,11,14H,9-10H2,1-4H3. The quantitative estimate of drug-likeness (QED) is 0.872. The Kier molecular flexibility index (Phi) is 4.22. The van der Waals surface area contributed by atoms with Gasteiger partial charge in [0, 0.05) is 25.1 Å². The molecule has 5 heteroatoms. The summed E-state index contributed by atoms with van der Waals surface area (Å²) in [6.07, 6.45) is 0.796. The summed E-state index contributed by atoms with van der Waals surface area (Å²) in [7, 11) is 1.68. The largest absolute Gasteiger partial charge is 0.435 e. The van der Waals surface area contributed by atoms with Gasteiger partial charge < -0.3 is 14.1 Å². The summed E-state index contributed by atoms with van der Waals surface area (Å²) in [5.74, 6) is 0.909. The van der Waals surface area contributed by atoms with Crippen molar-refractivity contribution in [2.24, 2.45) is 0 Å². The minimum absolute atomic E-state index is 0.0124. The van der Waals surface area contributed by atoms with Crippen molar-refractivity contribution in [1.82, 2.24) is 4.98 Å². The molecule has 2 heterocycles. The van der Waals surface area contributed by atoms with Gasteiger partial charge in [-0.2, -0.15) is 0 Å². The van der Waals surface area contributed by atoms with Gasteiger partial charge in [0.2, 0.25) is 5.76 Å². The first kappa shape index (κ1) is 15.7. The number of aryl methyl sites for hydroxylation is 1. The van der Waals surface area contributed by atoms with Crippen LogP contribution >= 0.6 is 0 Å². The van der Waals surface area contributed by atoms with E-state index in [9.17, 15) is 4.79 Å². The Morgan fingerprint density at radius 1 is 1.39 bits per heavy atom. The molecule has 1 atom stereocenters. The van der Waals surface area contributed by atoms with Crippen molar-refractivity contribution in [3.63, 3.8) is 0 Å². The molecule has 0 saturated heterocycles. The van der Waals surface area contributed by atoms with E-state index in [2.05, 4.69) is 4.98 Å². The number of ether oxygens (including phenoxy) is 1. The molecule has 0 bridgehead atoms. The first-order valence-corrected chi connectivity index (χ1v) is 7.91. The van der Waals surface area contributed by atoms with Crippen LogP contribution in [0.2, 0.25) is 0 Å². The summed E-state index contributed by atoms with van der Waals surface area (Å²) >= 11 is 0. The van der Waals surface area contributed by atoms with Crippen LogP contribution in [0.5, 0.6) is 0 Å². The molecule has 0 aliphatic carbocycles. The predicted molar refractivity (Wildman–Crippen MR) is 87.9 cm³/mol. The lowest BCUT2D eigenvalue weighted by Crippen LogP contribution is -2.43. The van der Waals surface area contributed by atoms with E-state index in [4.69, 9.17) is 9.15 Å². The molecule has 0 saturated carbocycles. The van der Waals surface area contributed by atoms with Gasteiger partial charge in [-0.3, -0.25) is 4.79 Å². The lowest BCUT2D eigenvalue weighted by atomic mass is 9.99. The Hall–Kier alpha value is -2.14. The van der Waals surface area contributed by atoms with Gasteiger partial charge >= 0.3 is 0 Å². The fraction of sp³-hybridized carbons (Fsp3) is 0.444. The Morgan fingerprint density at radius 3 is 2.78 bits per heavy atom. The average molecular weight is 314 g/mol. The lowest BCUT2D eigenvalue weighted by molar-refractivity contribution is 0.0849. The van der Waals surface area contributed by atoms with Crippen LogP contribution in [0.15, 0.2) is 28.7 Å². The molecule has 0 fully saturated rings. The maximum absolute atomic E-state index is 13.0. The van der Waals surface area contributed by atoms with Gasteiger partial charge in [0.1, 0.15) is 0 Å². The molecule has 1 aromatic heterocycles. The van der Waals surface area contributed by atoms with Crippen molar-refractivity contribution >= 4 is 11.6 Å². The second kappa shape index (κ2) is 6.16. The Balaban J connectivity index is 1.98. The van der Waals surface area contributed by atoms with Crippen LogP contribution in [0, 0.1) is 6.92 Å². The fourth-order valence-corrected chi connectivity index (χ4v) is 2.89. The number of para-hydroxylation sites is 1. The van der Waals surface area contributed by atoms with Crippen LogP contribution < -0.4 is 4.90 Å². The van der Waals surface area contributed by atoms with Crippen molar-refractivity contribution < 1.29 is 13.9 Å². The van der Waals surface area contributed by atoms with E-state index in [0.717, 1.165) is 17.7 Å². The Morgan fingerprint density at radius 2 is 2.13 bits per heavy atom. The number of anilines is 1. The van der Waals surface area contributed by atoms with E-state index in [1.807, 2.05) is 45.0 Å². The number of fused-ring (bicyclic) bond motifs is 1. The van der Waals surface area contributed by atoms with E-state index in [0.29, 0.717) is 23.9 Å². The third kappa shape index (κ3) is 2.88. The van der Waals surface area contributed by atoms with E-state index < -0.39 is 0 Å². The second-order valence-corrected chi connectivity index (χ2v) is 6.23. The van der Waals surface area contributed by atoms with Gasteiger partial charge in [-0.15, -0.1) is 0 Å². The first-order valence-electron chi connectivity index (χ1n) is 7.91. The number of amides is 1. The first-order chi connectivity index (χ1) is 11.0. The molecular weight excluding hydrogens is 292 g/mol. The maximum atomic E-state index is 13.0. The summed E-state index contributed by atoms with van der Waals surface area (Å²) in [4.78, 5) is 19.1. The monoisotopic (exact) mass is 314 g/mol. The van der Waals surface area contributed by atoms with E-state index >= 15 is 0 Å². The number of oxazole rings is 1. The molecule has 3 rings (SSSR count). The maximum Gasteiger partial charge on any atom is 0.296 e. The zero-order valence-corrected chi connectivity index (χ0v) is 14.0. The smallest absolute Gasteiger partial charge is 0.296 e. The zero-order chi connectivity index (χ0) is 16.6. The molecule has 122 valence electrons. The molecular formula is C18H22N2O3. The summed E-state index contributed by atoms with van der Waals surface area (Å²) in [6, 6.07) is 7.93.